The van der Waals surface area contributed by atoms with Crippen molar-refractivity contribution in [1.82, 2.24) is 19.6 Å². The average molecular weight is 268 g/mol. The van der Waals surface area contributed by atoms with Crippen molar-refractivity contribution in [3.8, 4) is 0 Å². The van der Waals surface area contributed by atoms with E-state index in [0.29, 0.717) is 0 Å². The molecular formula is C15H32N4. The van der Waals surface area contributed by atoms with Crippen LogP contribution in [0, 0.1) is 0 Å². The number of hydrogen-bond acceptors (Lipinski definition) is 4. The average Bonchev–Trinajstić information content (AvgIpc) is 2.39. The molecule has 0 aromatic carbocycles. The van der Waals surface area contributed by atoms with Gasteiger partial charge in [0.25, 0.3) is 0 Å². The van der Waals surface area contributed by atoms with E-state index in [9.17, 15) is 0 Å². The van der Waals surface area contributed by atoms with Crippen molar-refractivity contribution in [2.45, 2.75) is 19.3 Å². The Kier molecular flexibility index (Phi) is 6.57. The summed E-state index contributed by atoms with van der Waals surface area (Å²) in [5.74, 6) is 0. The van der Waals surface area contributed by atoms with Crippen molar-refractivity contribution >= 4 is 0 Å². The minimum absolute atomic E-state index is 1.22. The van der Waals surface area contributed by atoms with Crippen molar-refractivity contribution in [2.24, 2.45) is 0 Å². The van der Waals surface area contributed by atoms with Crippen molar-refractivity contribution in [3.05, 3.63) is 0 Å². The monoisotopic (exact) mass is 268 g/mol. The molecule has 3 aliphatic rings. The number of likely N-dealkylation sites (N-methyl/N-ethyl adjacent to an activating group) is 2. The third kappa shape index (κ3) is 5.78. The highest BCUT2D eigenvalue weighted by Crippen LogP contribution is 2.06. The molecule has 4 nitrogen and oxygen atoms in total. The van der Waals surface area contributed by atoms with Crippen LogP contribution in [0.3, 0.4) is 0 Å². The fourth-order valence-corrected chi connectivity index (χ4v) is 2.99. The molecule has 0 aliphatic carbocycles. The van der Waals surface area contributed by atoms with E-state index in [4.69, 9.17) is 0 Å². The maximum absolute atomic E-state index is 2.67. The van der Waals surface area contributed by atoms with Crippen molar-refractivity contribution in [2.75, 3.05) is 79.5 Å². The fraction of sp³-hybridized carbons (Fsp3) is 1.00. The molecule has 4 heteroatoms. The summed E-state index contributed by atoms with van der Waals surface area (Å²) in [7, 11) is 4.56. The second-order valence-corrected chi connectivity index (χ2v) is 6.35. The lowest BCUT2D eigenvalue weighted by atomic mass is 10.2. The van der Waals surface area contributed by atoms with E-state index < -0.39 is 0 Å². The van der Waals surface area contributed by atoms with Gasteiger partial charge in [-0.1, -0.05) is 6.42 Å². The molecule has 3 aliphatic heterocycles. The molecule has 3 heterocycles. The highest BCUT2D eigenvalue weighted by atomic mass is 15.2. The van der Waals surface area contributed by atoms with E-state index in [1.54, 1.807) is 0 Å². The van der Waals surface area contributed by atoms with Gasteiger partial charge in [-0.2, -0.15) is 0 Å². The molecule has 0 aromatic rings. The second kappa shape index (κ2) is 8.20. The molecule has 3 rings (SSSR count). The van der Waals surface area contributed by atoms with E-state index in [1.807, 2.05) is 0 Å². The topological polar surface area (TPSA) is 13.0 Å². The number of nitrogens with zero attached hydrogens (tertiary/aromatic N) is 4. The van der Waals surface area contributed by atoms with Crippen LogP contribution < -0.4 is 0 Å². The maximum atomic E-state index is 2.67. The molecule has 0 saturated carbocycles. The van der Waals surface area contributed by atoms with Gasteiger partial charge in [-0.25, -0.2) is 0 Å². The van der Waals surface area contributed by atoms with E-state index in [-0.39, 0.29) is 0 Å². The van der Waals surface area contributed by atoms with E-state index in [2.05, 4.69) is 33.7 Å². The first-order valence-electron chi connectivity index (χ1n) is 8.06. The third-order valence-corrected chi connectivity index (χ3v) is 4.64. The quantitative estimate of drug-likeness (QED) is 0.639. The van der Waals surface area contributed by atoms with Crippen molar-refractivity contribution < 1.29 is 0 Å². The van der Waals surface area contributed by atoms with Crippen LogP contribution in [0.5, 0.6) is 0 Å². The predicted octanol–water partition coefficient (Wildman–Crippen LogP) is 0.652. The van der Waals surface area contributed by atoms with Gasteiger partial charge in [-0.15, -0.1) is 0 Å². The van der Waals surface area contributed by atoms with Gasteiger partial charge in [0.05, 0.1) is 0 Å². The zero-order chi connectivity index (χ0) is 13.5. The zero-order valence-electron chi connectivity index (χ0n) is 13.0. The Balaban J connectivity index is 2.00. The van der Waals surface area contributed by atoms with E-state index in [1.165, 1.54) is 84.7 Å². The Bertz CT molecular complexity index is 206. The molecule has 3 saturated heterocycles. The fourth-order valence-electron chi connectivity index (χ4n) is 2.99. The molecule has 0 atom stereocenters. The molecule has 2 bridgehead atoms. The van der Waals surface area contributed by atoms with Crippen molar-refractivity contribution in [3.63, 3.8) is 0 Å². The van der Waals surface area contributed by atoms with Crippen molar-refractivity contribution in [1.29, 1.82) is 0 Å². The number of hydrogen-bond donors (Lipinski definition) is 0. The lowest BCUT2D eigenvalue weighted by Crippen LogP contribution is -2.45. The highest BCUT2D eigenvalue weighted by molar-refractivity contribution is 4.70. The summed E-state index contributed by atoms with van der Waals surface area (Å²) in [5, 5.41) is 0. The van der Waals surface area contributed by atoms with Crippen LogP contribution in [0.15, 0.2) is 0 Å². The molecule has 0 amide bonds. The van der Waals surface area contributed by atoms with Crippen LogP contribution in [-0.2, 0) is 0 Å². The molecule has 19 heavy (non-hydrogen) atoms. The molecule has 0 aromatic heterocycles. The summed E-state index contributed by atoms with van der Waals surface area (Å²) >= 11 is 0. The van der Waals surface area contributed by atoms with Gasteiger partial charge in [0.2, 0.25) is 0 Å². The van der Waals surface area contributed by atoms with E-state index in [0.717, 1.165) is 0 Å². The number of fused-ring (bicyclic) bond motifs is 12. The Labute approximate surface area is 119 Å². The van der Waals surface area contributed by atoms with Gasteiger partial charge in [0.1, 0.15) is 0 Å². The minimum atomic E-state index is 1.22. The van der Waals surface area contributed by atoms with Gasteiger partial charge in [0, 0.05) is 52.4 Å². The number of rotatable bonds is 0. The molecule has 0 N–H and O–H groups in total. The first-order valence-corrected chi connectivity index (χ1v) is 8.06. The molecule has 0 spiro atoms. The largest absolute Gasteiger partial charge is 0.304 e. The summed E-state index contributed by atoms with van der Waals surface area (Å²) in [6, 6.07) is 0. The van der Waals surface area contributed by atoms with Gasteiger partial charge in [-0.05, 0) is 40.0 Å². The van der Waals surface area contributed by atoms with E-state index >= 15 is 0 Å². The normalized spacial score (nSPS) is 33.8. The van der Waals surface area contributed by atoms with Gasteiger partial charge < -0.3 is 19.6 Å². The first-order chi connectivity index (χ1) is 9.24. The van der Waals surface area contributed by atoms with Crippen LogP contribution in [-0.4, -0.2) is 99.1 Å². The zero-order valence-corrected chi connectivity index (χ0v) is 13.0. The van der Waals surface area contributed by atoms with Gasteiger partial charge in [0.15, 0.2) is 0 Å². The molecule has 0 radical (unpaired) electrons. The Morgan fingerprint density at radius 2 is 0.789 bits per heavy atom. The molecule has 0 unspecified atom stereocenters. The lowest BCUT2D eigenvalue weighted by Gasteiger charge is -2.33. The first kappa shape index (κ1) is 15.2. The summed E-state index contributed by atoms with van der Waals surface area (Å²) in [4.78, 5) is 10.4. The van der Waals surface area contributed by atoms with Crippen LogP contribution in [0.25, 0.3) is 0 Å². The van der Waals surface area contributed by atoms with Crippen LogP contribution in [0.2, 0.25) is 0 Å². The maximum Gasteiger partial charge on any atom is 0.0110 e. The Morgan fingerprint density at radius 1 is 0.421 bits per heavy atom. The summed E-state index contributed by atoms with van der Waals surface area (Å²) in [5.41, 5.74) is 0. The SMILES string of the molecule is CN1CCN2CCCCCN(CC1)CCN(C)CC2. The van der Waals surface area contributed by atoms with Crippen LogP contribution in [0.1, 0.15) is 19.3 Å². The predicted molar refractivity (Wildman–Crippen MR) is 81.7 cm³/mol. The smallest absolute Gasteiger partial charge is 0.0110 e. The molecule has 3 fully saturated rings. The summed E-state index contributed by atoms with van der Waals surface area (Å²) < 4.78 is 0. The molecular weight excluding hydrogens is 236 g/mol. The minimum Gasteiger partial charge on any atom is -0.304 e. The van der Waals surface area contributed by atoms with Gasteiger partial charge >= 0.3 is 0 Å². The highest BCUT2D eigenvalue weighted by Gasteiger charge is 2.14. The summed E-state index contributed by atoms with van der Waals surface area (Å²) in [6.07, 6.45) is 4.15. The summed E-state index contributed by atoms with van der Waals surface area (Å²) in [6.45, 7) is 12.4. The third-order valence-electron chi connectivity index (χ3n) is 4.64. The Morgan fingerprint density at radius 3 is 1.16 bits per heavy atom. The van der Waals surface area contributed by atoms with Gasteiger partial charge in [-0.3, -0.25) is 0 Å². The lowest BCUT2D eigenvalue weighted by molar-refractivity contribution is 0.144. The standard InChI is InChI=1S/C15H32N4/c1-16-8-12-18-6-4-3-5-7-19(13-9-16)15-11-17(2)10-14-18/h3-15H2,1-2H3. The second-order valence-electron chi connectivity index (χ2n) is 6.35. The van der Waals surface area contributed by atoms with Crippen LogP contribution >= 0.6 is 0 Å². The Hall–Kier alpha value is -0.160. The van der Waals surface area contributed by atoms with Crippen LogP contribution in [0.4, 0.5) is 0 Å². The molecule has 112 valence electrons.